The summed E-state index contributed by atoms with van der Waals surface area (Å²) in [6, 6.07) is 2.07. The van der Waals surface area contributed by atoms with Gasteiger partial charge in [0.1, 0.15) is 4.21 Å². The van der Waals surface area contributed by atoms with E-state index in [2.05, 4.69) is 19.2 Å². The van der Waals surface area contributed by atoms with Gasteiger partial charge in [-0.25, -0.2) is 8.42 Å². The van der Waals surface area contributed by atoms with Gasteiger partial charge in [-0.1, -0.05) is 13.8 Å². The number of hydrogen-bond acceptors (Lipinski definition) is 5. The summed E-state index contributed by atoms with van der Waals surface area (Å²) < 4.78 is 32.7. The Morgan fingerprint density at radius 2 is 2.24 bits per heavy atom. The Bertz CT molecular complexity index is 569. The molecular formula is C14H24N2O3S2. The Balaban J connectivity index is 2.12. The lowest BCUT2D eigenvalue weighted by Crippen LogP contribution is -2.40. The molecule has 1 saturated heterocycles. The zero-order chi connectivity index (χ0) is 15.6. The molecule has 0 amide bonds. The van der Waals surface area contributed by atoms with Gasteiger partial charge >= 0.3 is 0 Å². The molecule has 5 nitrogen and oxygen atoms in total. The van der Waals surface area contributed by atoms with E-state index in [-0.39, 0.29) is 12.1 Å². The van der Waals surface area contributed by atoms with Crippen LogP contribution < -0.4 is 5.32 Å². The average molecular weight is 332 g/mol. The predicted molar refractivity (Wildman–Crippen MR) is 85.1 cm³/mol. The first-order valence-corrected chi connectivity index (χ1v) is 9.54. The first kappa shape index (κ1) is 16.9. The van der Waals surface area contributed by atoms with Crippen molar-refractivity contribution in [2.75, 3.05) is 13.7 Å². The van der Waals surface area contributed by atoms with Gasteiger partial charge in [0.05, 0.1) is 12.1 Å². The summed E-state index contributed by atoms with van der Waals surface area (Å²) in [5.41, 5.74) is 1.01. The molecule has 0 spiro atoms. The highest BCUT2D eigenvalue weighted by atomic mass is 32.2. The third-order valence-corrected chi connectivity index (χ3v) is 7.13. The second-order valence-corrected chi connectivity index (χ2v) is 8.90. The quantitative estimate of drug-likeness (QED) is 0.866. The summed E-state index contributed by atoms with van der Waals surface area (Å²) >= 11 is 1.29. The van der Waals surface area contributed by atoms with E-state index in [0.717, 1.165) is 12.0 Å². The number of sulfonamides is 1. The monoisotopic (exact) mass is 332 g/mol. The van der Waals surface area contributed by atoms with Crippen LogP contribution in [0.3, 0.4) is 0 Å². The molecule has 1 aromatic rings. The molecule has 1 aromatic heterocycles. The fourth-order valence-corrected chi connectivity index (χ4v) is 5.26. The Kier molecular flexibility index (Phi) is 5.43. The second-order valence-electron chi connectivity index (χ2n) is 5.76. The fraction of sp³-hybridized carbons (Fsp3) is 0.714. The molecule has 0 bridgehead atoms. The highest BCUT2D eigenvalue weighted by molar-refractivity contribution is 7.91. The second kappa shape index (κ2) is 6.75. The molecule has 2 heterocycles. The molecule has 1 N–H and O–H groups in total. The molecule has 0 saturated carbocycles. The summed E-state index contributed by atoms with van der Waals surface area (Å²) in [5, 5.41) is 5.20. The number of likely N-dealkylation sites (N-methyl/N-ethyl adjacent to an activating group) is 1. The van der Waals surface area contributed by atoms with E-state index in [9.17, 15) is 8.42 Å². The molecule has 1 aliphatic rings. The van der Waals surface area contributed by atoms with Crippen LogP contribution in [0.2, 0.25) is 0 Å². The van der Waals surface area contributed by atoms with Crippen molar-refractivity contribution in [3.05, 3.63) is 17.0 Å². The van der Waals surface area contributed by atoms with Gasteiger partial charge in [-0.2, -0.15) is 4.31 Å². The van der Waals surface area contributed by atoms with Crippen molar-refractivity contribution >= 4 is 21.4 Å². The third-order valence-electron chi connectivity index (χ3n) is 3.78. The highest BCUT2D eigenvalue weighted by Gasteiger charge is 2.35. The number of ether oxygens (including phenoxy) is 1. The topological polar surface area (TPSA) is 58.6 Å². The van der Waals surface area contributed by atoms with Crippen molar-refractivity contribution in [2.24, 2.45) is 0 Å². The zero-order valence-corrected chi connectivity index (χ0v) is 14.6. The van der Waals surface area contributed by atoms with E-state index in [0.29, 0.717) is 23.4 Å². The van der Waals surface area contributed by atoms with Crippen LogP contribution in [0.15, 0.2) is 15.7 Å². The average Bonchev–Trinajstić information content (AvgIpc) is 3.04. The van der Waals surface area contributed by atoms with Crippen LogP contribution in [0, 0.1) is 0 Å². The summed E-state index contributed by atoms with van der Waals surface area (Å²) in [6.07, 6.45) is 0.705. The Hall–Kier alpha value is -0.470. The fourth-order valence-electron chi connectivity index (χ4n) is 2.42. The Morgan fingerprint density at radius 1 is 1.52 bits per heavy atom. The maximum absolute atomic E-state index is 12.7. The lowest BCUT2D eigenvalue weighted by atomic mass is 10.2. The Labute approximate surface area is 131 Å². The van der Waals surface area contributed by atoms with Crippen molar-refractivity contribution in [1.29, 1.82) is 0 Å². The van der Waals surface area contributed by atoms with Crippen LogP contribution in [-0.2, 0) is 21.3 Å². The molecule has 120 valence electrons. The standard InChI is InChI=1S/C14H24N2O3S2/c1-10(2)15-8-12-7-14(20-9-12)21(17,18)16(4)13-5-6-19-11(13)3/h7,9-11,13,15H,5-6,8H2,1-4H3. The maximum atomic E-state index is 12.7. The predicted octanol–water partition coefficient (Wildman–Crippen LogP) is 2.04. The largest absolute Gasteiger partial charge is 0.377 e. The summed E-state index contributed by atoms with van der Waals surface area (Å²) in [6.45, 7) is 7.38. The Morgan fingerprint density at radius 3 is 2.81 bits per heavy atom. The number of nitrogens with one attached hydrogen (secondary N) is 1. The SMILES string of the molecule is CC(C)NCc1csc(S(=O)(=O)N(C)C2CCOC2C)c1. The third kappa shape index (κ3) is 3.84. The van der Waals surface area contributed by atoms with Gasteiger partial charge in [-0.15, -0.1) is 11.3 Å². The normalized spacial score (nSPS) is 23.3. The van der Waals surface area contributed by atoms with E-state index in [4.69, 9.17) is 4.74 Å². The summed E-state index contributed by atoms with van der Waals surface area (Å²) in [7, 11) is -1.78. The van der Waals surface area contributed by atoms with Crippen LogP contribution >= 0.6 is 11.3 Å². The zero-order valence-electron chi connectivity index (χ0n) is 13.0. The molecule has 2 rings (SSSR count). The summed E-state index contributed by atoms with van der Waals surface area (Å²) in [4.78, 5) is 0. The van der Waals surface area contributed by atoms with E-state index in [1.807, 2.05) is 12.3 Å². The molecule has 1 aliphatic heterocycles. The van der Waals surface area contributed by atoms with Gasteiger partial charge in [0, 0.05) is 26.2 Å². The number of nitrogens with zero attached hydrogens (tertiary/aromatic N) is 1. The maximum Gasteiger partial charge on any atom is 0.252 e. The molecule has 21 heavy (non-hydrogen) atoms. The van der Waals surface area contributed by atoms with Crippen molar-refractivity contribution in [2.45, 2.75) is 56.1 Å². The van der Waals surface area contributed by atoms with Crippen molar-refractivity contribution in [1.82, 2.24) is 9.62 Å². The molecule has 0 radical (unpaired) electrons. The van der Waals surface area contributed by atoms with E-state index in [1.54, 1.807) is 13.1 Å². The molecule has 1 fully saturated rings. The molecule has 2 unspecified atom stereocenters. The number of rotatable bonds is 6. The molecule has 0 aliphatic carbocycles. The molecule has 7 heteroatoms. The van der Waals surface area contributed by atoms with E-state index >= 15 is 0 Å². The van der Waals surface area contributed by atoms with Crippen LogP contribution in [-0.4, -0.2) is 44.6 Å². The summed E-state index contributed by atoms with van der Waals surface area (Å²) in [5.74, 6) is 0. The first-order valence-electron chi connectivity index (χ1n) is 7.23. The lowest BCUT2D eigenvalue weighted by Gasteiger charge is -2.25. The van der Waals surface area contributed by atoms with Gasteiger partial charge in [0.2, 0.25) is 0 Å². The van der Waals surface area contributed by atoms with Gasteiger partial charge in [-0.3, -0.25) is 0 Å². The van der Waals surface area contributed by atoms with Crippen molar-refractivity contribution < 1.29 is 13.2 Å². The van der Waals surface area contributed by atoms with Gasteiger partial charge in [-0.05, 0) is 30.4 Å². The molecule has 2 atom stereocenters. The lowest BCUT2D eigenvalue weighted by molar-refractivity contribution is 0.102. The van der Waals surface area contributed by atoms with Crippen molar-refractivity contribution in [3.63, 3.8) is 0 Å². The number of thiophene rings is 1. The first-order chi connectivity index (χ1) is 9.82. The van der Waals surface area contributed by atoms with Crippen LogP contribution in [0.5, 0.6) is 0 Å². The van der Waals surface area contributed by atoms with E-state index in [1.165, 1.54) is 15.6 Å². The van der Waals surface area contributed by atoms with Gasteiger partial charge < -0.3 is 10.1 Å². The molecular weight excluding hydrogens is 308 g/mol. The van der Waals surface area contributed by atoms with Gasteiger partial charge in [0.15, 0.2) is 0 Å². The minimum absolute atomic E-state index is 0.0492. The van der Waals surface area contributed by atoms with E-state index < -0.39 is 10.0 Å². The van der Waals surface area contributed by atoms with Crippen LogP contribution in [0.4, 0.5) is 0 Å². The highest BCUT2D eigenvalue weighted by Crippen LogP contribution is 2.28. The smallest absolute Gasteiger partial charge is 0.252 e. The van der Waals surface area contributed by atoms with Crippen LogP contribution in [0.25, 0.3) is 0 Å². The molecule has 0 aromatic carbocycles. The number of hydrogen-bond donors (Lipinski definition) is 1. The van der Waals surface area contributed by atoms with Gasteiger partial charge in [0.25, 0.3) is 10.0 Å². The van der Waals surface area contributed by atoms with Crippen molar-refractivity contribution in [3.8, 4) is 0 Å². The minimum Gasteiger partial charge on any atom is -0.377 e. The minimum atomic E-state index is -3.43. The van der Waals surface area contributed by atoms with Crippen LogP contribution in [0.1, 0.15) is 32.8 Å².